The second-order valence-electron chi connectivity index (χ2n) is 4.50. The van der Waals surface area contributed by atoms with Gasteiger partial charge in [-0.3, -0.25) is 0 Å². The van der Waals surface area contributed by atoms with E-state index in [4.69, 9.17) is 0 Å². The molecule has 0 heterocycles. The molecule has 0 bridgehead atoms. The fourth-order valence-corrected chi connectivity index (χ4v) is 2.08. The molecule has 0 aromatic heterocycles. The maximum absolute atomic E-state index is 9.30. The third kappa shape index (κ3) is 4.34. The maximum Gasteiger partial charge on any atom is 0.0618 e. The summed E-state index contributed by atoms with van der Waals surface area (Å²) in [7, 11) is 0. The molecule has 0 aromatic rings. The van der Waals surface area contributed by atoms with Crippen molar-refractivity contribution in [2.24, 2.45) is 0 Å². The SMILES string of the molecule is CC(C)SCC(C)(CO)NC1CC1. The van der Waals surface area contributed by atoms with Gasteiger partial charge in [0, 0.05) is 17.3 Å². The molecular formula is C10H21NOS. The monoisotopic (exact) mass is 203 g/mol. The third-order valence-electron chi connectivity index (χ3n) is 2.21. The van der Waals surface area contributed by atoms with Crippen LogP contribution in [0.2, 0.25) is 0 Å². The van der Waals surface area contributed by atoms with Crippen molar-refractivity contribution in [3.8, 4) is 0 Å². The zero-order valence-electron chi connectivity index (χ0n) is 8.84. The Morgan fingerprint density at radius 1 is 1.54 bits per heavy atom. The quantitative estimate of drug-likeness (QED) is 0.688. The molecule has 1 rings (SSSR count). The first-order valence-corrected chi connectivity index (χ1v) is 6.11. The summed E-state index contributed by atoms with van der Waals surface area (Å²) in [6.07, 6.45) is 2.56. The van der Waals surface area contributed by atoms with E-state index < -0.39 is 0 Å². The van der Waals surface area contributed by atoms with Crippen molar-refractivity contribution < 1.29 is 5.11 Å². The Bertz CT molecular complexity index is 159. The molecule has 1 atom stereocenters. The minimum absolute atomic E-state index is 0.0733. The average Bonchev–Trinajstić information content (AvgIpc) is 2.85. The van der Waals surface area contributed by atoms with E-state index >= 15 is 0 Å². The topological polar surface area (TPSA) is 32.3 Å². The lowest BCUT2D eigenvalue weighted by atomic mass is 10.1. The first kappa shape index (κ1) is 11.3. The highest BCUT2D eigenvalue weighted by molar-refractivity contribution is 7.99. The third-order valence-corrected chi connectivity index (χ3v) is 3.68. The molecule has 13 heavy (non-hydrogen) atoms. The number of hydrogen-bond acceptors (Lipinski definition) is 3. The first-order valence-electron chi connectivity index (χ1n) is 5.06. The smallest absolute Gasteiger partial charge is 0.0618 e. The number of aliphatic hydroxyl groups is 1. The summed E-state index contributed by atoms with van der Waals surface area (Å²) in [6, 6.07) is 0.671. The van der Waals surface area contributed by atoms with Gasteiger partial charge in [-0.15, -0.1) is 0 Å². The molecule has 78 valence electrons. The van der Waals surface area contributed by atoms with Gasteiger partial charge in [-0.2, -0.15) is 11.8 Å². The highest BCUT2D eigenvalue weighted by atomic mass is 32.2. The van der Waals surface area contributed by atoms with E-state index in [0.29, 0.717) is 11.3 Å². The van der Waals surface area contributed by atoms with Crippen LogP contribution < -0.4 is 5.32 Å². The fraction of sp³-hybridized carbons (Fsp3) is 1.00. The molecule has 0 aliphatic heterocycles. The van der Waals surface area contributed by atoms with Gasteiger partial charge in [-0.25, -0.2) is 0 Å². The Morgan fingerprint density at radius 3 is 2.54 bits per heavy atom. The van der Waals surface area contributed by atoms with Crippen molar-refractivity contribution in [3.05, 3.63) is 0 Å². The van der Waals surface area contributed by atoms with Crippen molar-refractivity contribution in [3.63, 3.8) is 0 Å². The van der Waals surface area contributed by atoms with Gasteiger partial charge in [-0.05, 0) is 25.0 Å². The van der Waals surface area contributed by atoms with Crippen LogP contribution in [-0.2, 0) is 0 Å². The van der Waals surface area contributed by atoms with Gasteiger partial charge in [0.15, 0.2) is 0 Å². The zero-order valence-corrected chi connectivity index (χ0v) is 9.66. The fourth-order valence-electron chi connectivity index (χ4n) is 1.20. The van der Waals surface area contributed by atoms with Gasteiger partial charge in [-0.1, -0.05) is 13.8 Å². The molecule has 0 amide bonds. The van der Waals surface area contributed by atoms with E-state index in [1.165, 1.54) is 12.8 Å². The molecule has 1 saturated carbocycles. The number of thioether (sulfide) groups is 1. The van der Waals surface area contributed by atoms with Gasteiger partial charge < -0.3 is 10.4 Å². The van der Waals surface area contributed by atoms with Crippen LogP contribution in [0.1, 0.15) is 33.6 Å². The molecular weight excluding hydrogens is 182 g/mol. The average molecular weight is 203 g/mol. The summed E-state index contributed by atoms with van der Waals surface area (Å²) < 4.78 is 0. The van der Waals surface area contributed by atoms with Crippen molar-refractivity contribution in [2.75, 3.05) is 12.4 Å². The zero-order chi connectivity index (χ0) is 9.90. The molecule has 0 radical (unpaired) electrons. The van der Waals surface area contributed by atoms with Crippen LogP contribution >= 0.6 is 11.8 Å². The van der Waals surface area contributed by atoms with Crippen LogP contribution in [0.25, 0.3) is 0 Å². The van der Waals surface area contributed by atoms with Crippen LogP contribution in [0.4, 0.5) is 0 Å². The Balaban J connectivity index is 2.28. The summed E-state index contributed by atoms with van der Waals surface area (Å²) in [5.74, 6) is 0.998. The van der Waals surface area contributed by atoms with E-state index in [2.05, 4.69) is 26.1 Å². The standard InChI is InChI=1S/C10H21NOS/c1-8(2)13-7-10(3,6-12)11-9-4-5-9/h8-9,11-12H,4-7H2,1-3H3. The van der Waals surface area contributed by atoms with Crippen LogP contribution in [-0.4, -0.2) is 34.3 Å². The van der Waals surface area contributed by atoms with E-state index in [1.807, 2.05) is 11.8 Å². The minimum Gasteiger partial charge on any atom is -0.394 e. The van der Waals surface area contributed by atoms with Gasteiger partial charge in [0.05, 0.1) is 6.61 Å². The highest BCUT2D eigenvalue weighted by Crippen LogP contribution is 2.25. The highest BCUT2D eigenvalue weighted by Gasteiger charge is 2.31. The summed E-state index contributed by atoms with van der Waals surface area (Å²) in [5, 5.41) is 13.4. The Kier molecular flexibility index (Phi) is 4.07. The largest absolute Gasteiger partial charge is 0.394 e. The summed E-state index contributed by atoms with van der Waals surface area (Å²) in [4.78, 5) is 0. The second kappa shape index (κ2) is 4.67. The van der Waals surface area contributed by atoms with Gasteiger partial charge in [0.25, 0.3) is 0 Å². The van der Waals surface area contributed by atoms with Crippen LogP contribution in [0.5, 0.6) is 0 Å². The van der Waals surface area contributed by atoms with Crippen molar-refractivity contribution >= 4 is 11.8 Å². The molecule has 0 saturated heterocycles. The van der Waals surface area contributed by atoms with Crippen LogP contribution in [0.15, 0.2) is 0 Å². The van der Waals surface area contributed by atoms with Crippen LogP contribution in [0, 0.1) is 0 Å². The summed E-state index contributed by atoms with van der Waals surface area (Å²) in [6.45, 7) is 6.74. The lowest BCUT2D eigenvalue weighted by Gasteiger charge is -2.29. The number of rotatable bonds is 6. The Labute approximate surface area is 85.5 Å². The molecule has 2 N–H and O–H groups in total. The maximum atomic E-state index is 9.30. The normalized spacial score (nSPS) is 21.9. The van der Waals surface area contributed by atoms with Crippen molar-refractivity contribution in [1.82, 2.24) is 5.32 Å². The van der Waals surface area contributed by atoms with E-state index in [1.54, 1.807) is 0 Å². The van der Waals surface area contributed by atoms with Gasteiger partial charge in [0.2, 0.25) is 0 Å². The molecule has 1 aliphatic rings. The van der Waals surface area contributed by atoms with E-state index in [-0.39, 0.29) is 12.1 Å². The summed E-state index contributed by atoms with van der Waals surface area (Å²) in [5.41, 5.74) is -0.0733. The molecule has 1 fully saturated rings. The molecule has 0 spiro atoms. The molecule has 1 aliphatic carbocycles. The Hall–Kier alpha value is 0.270. The molecule has 3 heteroatoms. The number of nitrogens with one attached hydrogen (secondary N) is 1. The minimum atomic E-state index is -0.0733. The second-order valence-corrected chi connectivity index (χ2v) is 6.06. The van der Waals surface area contributed by atoms with E-state index in [9.17, 15) is 5.11 Å². The van der Waals surface area contributed by atoms with E-state index in [0.717, 1.165) is 5.75 Å². The van der Waals surface area contributed by atoms with Gasteiger partial charge in [0.1, 0.15) is 0 Å². The first-order chi connectivity index (χ1) is 6.06. The lowest BCUT2D eigenvalue weighted by Crippen LogP contribution is -2.49. The lowest BCUT2D eigenvalue weighted by molar-refractivity contribution is 0.190. The molecule has 2 nitrogen and oxygen atoms in total. The van der Waals surface area contributed by atoms with Crippen molar-refractivity contribution in [1.29, 1.82) is 0 Å². The number of hydrogen-bond donors (Lipinski definition) is 2. The van der Waals surface area contributed by atoms with Gasteiger partial charge >= 0.3 is 0 Å². The predicted octanol–water partition coefficient (Wildman–Crippen LogP) is 1.63. The van der Waals surface area contributed by atoms with Crippen molar-refractivity contribution in [2.45, 2.75) is 50.4 Å². The van der Waals surface area contributed by atoms with Crippen LogP contribution in [0.3, 0.4) is 0 Å². The molecule has 0 aromatic carbocycles. The number of aliphatic hydroxyl groups excluding tert-OH is 1. The predicted molar refractivity (Wildman–Crippen MR) is 59.2 cm³/mol. The molecule has 1 unspecified atom stereocenters. The Morgan fingerprint density at radius 2 is 2.15 bits per heavy atom. The summed E-state index contributed by atoms with van der Waals surface area (Å²) >= 11 is 1.91.